The van der Waals surface area contributed by atoms with Gasteiger partial charge in [0.05, 0.1) is 17.1 Å². The van der Waals surface area contributed by atoms with Crippen molar-refractivity contribution in [2.75, 3.05) is 16.4 Å². The number of anilines is 2. The number of carbonyl (C=O) groups is 2. The first-order valence-corrected chi connectivity index (χ1v) is 9.20. The first-order chi connectivity index (χ1) is 11.4. The Balaban J connectivity index is 2.02. The molecule has 2 aromatic rings. The van der Waals surface area contributed by atoms with E-state index in [0.717, 1.165) is 26.3 Å². The maximum absolute atomic E-state index is 12.2. The number of rotatable bonds is 5. The SMILES string of the molecule is CC(=O)Nc1ccccc1SCC(=O)Nc1cc(C)c(C)cc1Br. The van der Waals surface area contributed by atoms with Gasteiger partial charge in [-0.3, -0.25) is 9.59 Å². The van der Waals surface area contributed by atoms with Crippen LogP contribution in [-0.2, 0) is 9.59 Å². The van der Waals surface area contributed by atoms with Crippen LogP contribution in [-0.4, -0.2) is 17.6 Å². The highest BCUT2D eigenvalue weighted by atomic mass is 79.9. The van der Waals surface area contributed by atoms with Crippen LogP contribution in [0.1, 0.15) is 18.1 Å². The van der Waals surface area contributed by atoms with Crippen LogP contribution in [0.5, 0.6) is 0 Å². The predicted octanol–water partition coefficient (Wildman–Crippen LogP) is 4.76. The summed E-state index contributed by atoms with van der Waals surface area (Å²) in [6.45, 7) is 5.50. The summed E-state index contributed by atoms with van der Waals surface area (Å²) in [6, 6.07) is 11.4. The van der Waals surface area contributed by atoms with E-state index in [1.807, 2.05) is 50.2 Å². The molecule has 0 spiro atoms. The fourth-order valence-electron chi connectivity index (χ4n) is 2.09. The highest BCUT2D eigenvalue weighted by molar-refractivity contribution is 9.10. The summed E-state index contributed by atoms with van der Waals surface area (Å²) in [4.78, 5) is 24.3. The van der Waals surface area contributed by atoms with Crippen LogP contribution in [0, 0.1) is 13.8 Å². The summed E-state index contributed by atoms with van der Waals surface area (Å²) in [5.41, 5.74) is 3.77. The topological polar surface area (TPSA) is 58.2 Å². The number of nitrogens with one attached hydrogen (secondary N) is 2. The average molecular weight is 407 g/mol. The van der Waals surface area contributed by atoms with Crippen LogP contribution in [0.2, 0.25) is 0 Å². The van der Waals surface area contributed by atoms with Crippen molar-refractivity contribution in [3.05, 3.63) is 52.0 Å². The van der Waals surface area contributed by atoms with Crippen molar-refractivity contribution < 1.29 is 9.59 Å². The van der Waals surface area contributed by atoms with E-state index in [1.165, 1.54) is 24.2 Å². The summed E-state index contributed by atoms with van der Waals surface area (Å²) < 4.78 is 0.864. The molecule has 0 aliphatic carbocycles. The van der Waals surface area contributed by atoms with Gasteiger partial charge >= 0.3 is 0 Å². The van der Waals surface area contributed by atoms with E-state index in [-0.39, 0.29) is 17.6 Å². The Kier molecular flexibility index (Phi) is 6.45. The predicted molar refractivity (Wildman–Crippen MR) is 104 cm³/mol. The zero-order valence-electron chi connectivity index (χ0n) is 13.8. The smallest absolute Gasteiger partial charge is 0.234 e. The van der Waals surface area contributed by atoms with Gasteiger partial charge in [0.15, 0.2) is 0 Å². The molecule has 126 valence electrons. The van der Waals surface area contributed by atoms with Gasteiger partial charge in [-0.2, -0.15) is 0 Å². The lowest BCUT2D eigenvalue weighted by Gasteiger charge is -2.12. The minimum absolute atomic E-state index is 0.0958. The number of hydrogen-bond donors (Lipinski definition) is 2. The van der Waals surface area contributed by atoms with Gasteiger partial charge in [-0.05, 0) is 65.2 Å². The Morgan fingerprint density at radius 3 is 2.42 bits per heavy atom. The highest BCUT2D eigenvalue weighted by Crippen LogP contribution is 2.29. The number of halogens is 1. The van der Waals surface area contributed by atoms with Crippen molar-refractivity contribution in [3.63, 3.8) is 0 Å². The van der Waals surface area contributed by atoms with Gasteiger partial charge in [0.1, 0.15) is 0 Å². The van der Waals surface area contributed by atoms with E-state index in [1.54, 1.807) is 0 Å². The Hall–Kier alpha value is -1.79. The number of hydrogen-bond acceptors (Lipinski definition) is 3. The van der Waals surface area contributed by atoms with E-state index in [0.29, 0.717) is 0 Å². The summed E-state index contributed by atoms with van der Waals surface area (Å²) in [7, 11) is 0. The molecule has 0 saturated carbocycles. The molecule has 0 aliphatic rings. The van der Waals surface area contributed by atoms with Gasteiger partial charge in [-0.1, -0.05) is 12.1 Å². The summed E-state index contributed by atoms with van der Waals surface area (Å²) in [5.74, 6) is 0.0313. The second-order valence-electron chi connectivity index (χ2n) is 5.43. The zero-order valence-corrected chi connectivity index (χ0v) is 16.2. The first kappa shape index (κ1) is 18.5. The molecule has 0 aromatic heterocycles. The third-order valence-corrected chi connectivity index (χ3v) is 5.14. The molecule has 4 nitrogen and oxygen atoms in total. The molecule has 0 aliphatic heterocycles. The lowest BCUT2D eigenvalue weighted by Crippen LogP contribution is -2.15. The average Bonchev–Trinajstić information content (AvgIpc) is 2.51. The summed E-state index contributed by atoms with van der Waals surface area (Å²) in [5, 5.41) is 5.69. The van der Waals surface area contributed by atoms with E-state index in [4.69, 9.17) is 0 Å². The molecule has 24 heavy (non-hydrogen) atoms. The van der Waals surface area contributed by atoms with E-state index in [9.17, 15) is 9.59 Å². The van der Waals surface area contributed by atoms with E-state index >= 15 is 0 Å². The monoisotopic (exact) mass is 406 g/mol. The third kappa shape index (κ3) is 5.11. The Labute approximate surface area is 154 Å². The van der Waals surface area contributed by atoms with Gasteiger partial charge in [0.2, 0.25) is 11.8 Å². The van der Waals surface area contributed by atoms with Crippen molar-refractivity contribution in [1.29, 1.82) is 0 Å². The highest BCUT2D eigenvalue weighted by Gasteiger charge is 2.10. The molecule has 0 heterocycles. The third-order valence-electron chi connectivity index (χ3n) is 3.41. The maximum Gasteiger partial charge on any atom is 0.234 e. The molecule has 0 saturated heterocycles. The molecule has 0 bridgehead atoms. The second-order valence-corrected chi connectivity index (χ2v) is 7.30. The van der Waals surface area contributed by atoms with E-state index < -0.39 is 0 Å². The Bertz CT molecular complexity index is 778. The van der Waals surface area contributed by atoms with Crippen molar-refractivity contribution in [3.8, 4) is 0 Å². The summed E-state index contributed by atoms with van der Waals surface area (Å²) >= 11 is 4.86. The molecule has 2 rings (SSSR count). The lowest BCUT2D eigenvalue weighted by molar-refractivity contribution is -0.114. The minimum atomic E-state index is -0.133. The van der Waals surface area contributed by atoms with Gasteiger partial charge in [-0.25, -0.2) is 0 Å². The Morgan fingerprint density at radius 2 is 1.71 bits per heavy atom. The fourth-order valence-corrected chi connectivity index (χ4v) is 3.46. The molecule has 2 aromatic carbocycles. The van der Waals surface area contributed by atoms with Crippen molar-refractivity contribution in [2.45, 2.75) is 25.7 Å². The van der Waals surface area contributed by atoms with Gasteiger partial charge in [0, 0.05) is 16.3 Å². The van der Waals surface area contributed by atoms with Crippen LogP contribution in [0.25, 0.3) is 0 Å². The number of aryl methyl sites for hydroxylation is 2. The first-order valence-electron chi connectivity index (χ1n) is 7.43. The number of para-hydroxylation sites is 1. The van der Waals surface area contributed by atoms with Crippen LogP contribution in [0.3, 0.4) is 0 Å². The van der Waals surface area contributed by atoms with Crippen molar-refractivity contribution in [1.82, 2.24) is 0 Å². The quantitative estimate of drug-likeness (QED) is 0.703. The van der Waals surface area contributed by atoms with Gasteiger partial charge < -0.3 is 10.6 Å². The maximum atomic E-state index is 12.2. The largest absolute Gasteiger partial charge is 0.325 e. The zero-order chi connectivity index (χ0) is 17.7. The van der Waals surface area contributed by atoms with Crippen molar-refractivity contribution >= 4 is 50.9 Å². The molecule has 2 N–H and O–H groups in total. The van der Waals surface area contributed by atoms with E-state index in [2.05, 4.69) is 26.6 Å². The van der Waals surface area contributed by atoms with Gasteiger partial charge in [0.25, 0.3) is 0 Å². The molecule has 0 atom stereocenters. The number of amides is 2. The fraction of sp³-hybridized carbons (Fsp3) is 0.222. The molecule has 2 amide bonds. The number of thioether (sulfide) groups is 1. The molecule has 6 heteroatoms. The normalized spacial score (nSPS) is 10.3. The summed E-state index contributed by atoms with van der Waals surface area (Å²) in [6.07, 6.45) is 0. The standard InChI is InChI=1S/C18H19BrN2O2S/c1-11-8-14(19)16(9-12(11)2)21-18(23)10-24-17-7-5-4-6-15(17)20-13(3)22/h4-9H,10H2,1-3H3,(H,20,22)(H,21,23). The van der Waals surface area contributed by atoms with Crippen LogP contribution >= 0.6 is 27.7 Å². The second kappa shape index (κ2) is 8.35. The minimum Gasteiger partial charge on any atom is -0.325 e. The Morgan fingerprint density at radius 1 is 1.04 bits per heavy atom. The van der Waals surface area contributed by atoms with Crippen LogP contribution in [0.15, 0.2) is 45.8 Å². The molecule has 0 fully saturated rings. The van der Waals surface area contributed by atoms with Crippen LogP contribution in [0.4, 0.5) is 11.4 Å². The van der Waals surface area contributed by atoms with Crippen molar-refractivity contribution in [2.24, 2.45) is 0 Å². The van der Waals surface area contributed by atoms with Gasteiger partial charge in [-0.15, -0.1) is 11.8 Å². The molecular formula is C18H19BrN2O2S. The number of benzene rings is 2. The van der Waals surface area contributed by atoms with Crippen LogP contribution < -0.4 is 10.6 Å². The molecule has 0 unspecified atom stereocenters. The molecular weight excluding hydrogens is 388 g/mol. The molecule has 0 radical (unpaired) electrons. The number of carbonyl (C=O) groups excluding carboxylic acids is 2. The lowest BCUT2D eigenvalue weighted by atomic mass is 10.1.